The lowest BCUT2D eigenvalue weighted by atomic mass is 9.98. The van der Waals surface area contributed by atoms with Crippen LogP contribution in [0.25, 0.3) is 0 Å². The van der Waals surface area contributed by atoms with Gasteiger partial charge in [-0.05, 0) is 19.4 Å². The monoisotopic (exact) mass is 365 g/mol. The first-order valence-corrected chi connectivity index (χ1v) is 8.68. The lowest BCUT2D eigenvalue weighted by Gasteiger charge is -2.14. The van der Waals surface area contributed by atoms with Crippen LogP contribution in [0.1, 0.15) is 44.7 Å². The maximum absolute atomic E-state index is 12.7. The van der Waals surface area contributed by atoms with Crippen LogP contribution >= 0.6 is 0 Å². The number of amides is 2. The number of nitrogens with zero attached hydrogens (tertiary/aromatic N) is 1. The van der Waals surface area contributed by atoms with Crippen LogP contribution < -0.4 is 0 Å². The van der Waals surface area contributed by atoms with Crippen molar-refractivity contribution in [3.05, 3.63) is 70.8 Å². The summed E-state index contributed by atoms with van der Waals surface area (Å²) in [6, 6.07) is 13.3. The number of aryl methyl sites for hydroxylation is 1. The average Bonchev–Trinajstić information content (AvgIpc) is 3.12. The molecule has 2 aromatic carbocycles. The van der Waals surface area contributed by atoms with Gasteiger partial charge in [-0.3, -0.25) is 19.3 Å². The third-order valence-electron chi connectivity index (χ3n) is 4.41. The van der Waals surface area contributed by atoms with Crippen LogP contribution in [0.3, 0.4) is 0 Å². The Labute approximate surface area is 156 Å². The van der Waals surface area contributed by atoms with Crippen molar-refractivity contribution in [2.75, 3.05) is 13.2 Å². The number of imide groups is 1. The third kappa shape index (κ3) is 4.11. The Bertz CT molecular complexity index is 901. The molecular weight excluding hydrogens is 346 g/mol. The van der Waals surface area contributed by atoms with Gasteiger partial charge in [0.1, 0.15) is 0 Å². The highest BCUT2D eigenvalue weighted by Gasteiger charge is 2.27. The van der Waals surface area contributed by atoms with E-state index in [0.29, 0.717) is 24.9 Å². The number of ether oxygens (including phenoxy) is 1. The Kier molecular flexibility index (Phi) is 5.45. The minimum atomic E-state index is -0.772. The van der Waals surface area contributed by atoms with Crippen LogP contribution in [-0.2, 0) is 14.3 Å². The van der Waals surface area contributed by atoms with E-state index >= 15 is 0 Å². The number of ketones is 1. The number of rotatable bonds is 5. The van der Waals surface area contributed by atoms with Crippen LogP contribution in [-0.4, -0.2) is 41.6 Å². The molecule has 138 valence electrons. The standard InChI is InChI=1S/C21H19NO5/c1-14-8-10-15(11-9-14)20(25)16-5-2-3-6-17(16)21(26)27-13-19(24)22-12-4-7-18(22)23/h2-3,5-6,8-11H,4,7,12-13H2,1H3. The predicted octanol–water partition coefficient (Wildman–Crippen LogP) is 2.53. The first-order valence-electron chi connectivity index (χ1n) is 8.68. The first kappa shape index (κ1) is 18.5. The van der Waals surface area contributed by atoms with Crippen molar-refractivity contribution >= 4 is 23.6 Å². The minimum absolute atomic E-state index is 0.0867. The summed E-state index contributed by atoms with van der Waals surface area (Å²) in [5.74, 6) is -1.88. The summed E-state index contributed by atoms with van der Waals surface area (Å²) >= 11 is 0. The zero-order valence-electron chi connectivity index (χ0n) is 14.9. The maximum Gasteiger partial charge on any atom is 0.339 e. The van der Waals surface area contributed by atoms with E-state index in [1.165, 1.54) is 6.07 Å². The predicted molar refractivity (Wildman–Crippen MR) is 97.3 cm³/mol. The van der Waals surface area contributed by atoms with E-state index in [2.05, 4.69) is 0 Å². The van der Waals surface area contributed by atoms with Gasteiger partial charge in [0.05, 0.1) is 5.56 Å². The van der Waals surface area contributed by atoms with Crippen molar-refractivity contribution in [3.63, 3.8) is 0 Å². The molecule has 1 fully saturated rings. The van der Waals surface area contributed by atoms with Crippen LogP contribution in [0.15, 0.2) is 48.5 Å². The fourth-order valence-corrected chi connectivity index (χ4v) is 2.91. The molecule has 3 rings (SSSR count). The van der Waals surface area contributed by atoms with Gasteiger partial charge in [-0.2, -0.15) is 0 Å². The second kappa shape index (κ2) is 7.95. The van der Waals surface area contributed by atoms with Gasteiger partial charge in [0, 0.05) is 24.1 Å². The van der Waals surface area contributed by atoms with Gasteiger partial charge in [-0.15, -0.1) is 0 Å². The van der Waals surface area contributed by atoms with E-state index in [-0.39, 0.29) is 22.8 Å². The van der Waals surface area contributed by atoms with E-state index in [0.717, 1.165) is 10.5 Å². The molecule has 2 amide bonds. The molecule has 1 saturated heterocycles. The number of esters is 1. The molecule has 0 unspecified atom stereocenters. The summed E-state index contributed by atoms with van der Waals surface area (Å²) in [6.07, 6.45) is 0.944. The zero-order chi connectivity index (χ0) is 19.4. The van der Waals surface area contributed by atoms with E-state index in [9.17, 15) is 19.2 Å². The van der Waals surface area contributed by atoms with Crippen LogP contribution in [0.2, 0.25) is 0 Å². The van der Waals surface area contributed by atoms with Crippen molar-refractivity contribution in [1.82, 2.24) is 4.90 Å². The summed E-state index contributed by atoms with van der Waals surface area (Å²) in [4.78, 5) is 49.9. The Morgan fingerprint density at radius 1 is 1.00 bits per heavy atom. The lowest BCUT2D eigenvalue weighted by molar-refractivity contribution is -0.143. The number of carbonyl (C=O) groups excluding carboxylic acids is 4. The molecule has 0 radical (unpaired) electrons. The van der Waals surface area contributed by atoms with Crippen molar-refractivity contribution in [1.29, 1.82) is 0 Å². The van der Waals surface area contributed by atoms with Gasteiger partial charge >= 0.3 is 5.97 Å². The Balaban J connectivity index is 1.74. The fraction of sp³-hybridized carbons (Fsp3) is 0.238. The third-order valence-corrected chi connectivity index (χ3v) is 4.41. The highest BCUT2D eigenvalue weighted by Crippen LogP contribution is 2.17. The topological polar surface area (TPSA) is 80.8 Å². The van der Waals surface area contributed by atoms with E-state index in [1.807, 2.05) is 19.1 Å². The molecule has 0 saturated carbocycles. The van der Waals surface area contributed by atoms with Gasteiger partial charge in [-0.25, -0.2) is 4.79 Å². The summed E-state index contributed by atoms with van der Waals surface area (Å²) in [5.41, 5.74) is 1.77. The largest absolute Gasteiger partial charge is 0.452 e. The molecule has 0 bridgehead atoms. The molecule has 1 aliphatic rings. The molecule has 0 aliphatic carbocycles. The maximum atomic E-state index is 12.7. The summed E-state index contributed by atoms with van der Waals surface area (Å²) in [7, 11) is 0. The number of hydrogen-bond donors (Lipinski definition) is 0. The van der Waals surface area contributed by atoms with E-state index < -0.39 is 18.5 Å². The molecule has 0 spiro atoms. The van der Waals surface area contributed by atoms with Crippen LogP contribution in [0, 0.1) is 6.92 Å². The second-order valence-electron chi connectivity index (χ2n) is 6.36. The second-order valence-corrected chi connectivity index (χ2v) is 6.36. The van der Waals surface area contributed by atoms with Crippen LogP contribution in [0.5, 0.6) is 0 Å². The number of likely N-dealkylation sites (tertiary alicyclic amines) is 1. The average molecular weight is 365 g/mol. The molecule has 1 heterocycles. The Hall–Kier alpha value is -3.28. The minimum Gasteiger partial charge on any atom is -0.452 e. The van der Waals surface area contributed by atoms with Crippen molar-refractivity contribution in [3.8, 4) is 0 Å². The Morgan fingerprint density at radius 3 is 2.30 bits per heavy atom. The molecule has 2 aromatic rings. The highest BCUT2D eigenvalue weighted by atomic mass is 16.5. The van der Waals surface area contributed by atoms with Gasteiger partial charge < -0.3 is 4.74 Å². The normalized spacial score (nSPS) is 13.5. The van der Waals surface area contributed by atoms with Gasteiger partial charge in [0.15, 0.2) is 12.4 Å². The fourth-order valence-electron chi connectivity index (χ4n) is 2.91. The molecule has 6 heteroatoms. The van der Waals surface area contributed by atoms with E-state index in [4.69, 9.17) is 4.74 Å². The van der Waals surface area contributed by atoms with Crippen molar-refractivity contribution in [2.45, 2.75) is 19.8 Å². The molecule has 0 N–H and O–H groups in total. The number of benzene rings is 2. The molecule has 27 heavy (non-hydrogen) atoms. The summed E-state index contributed by atoms with van der Waals surface area (Å²) < 4.78 is 5.06. The summed E-state index contributed by atoms with van der Waals surface area (Å²) in [5, 5.41) is 0. The SMILES string of the molecule is Cc1ccc(C(=O)c2ccccc2C(=O)OCC(=O)N2CCCC2=O)cc1. The van der Waals surface area contributed by atoms with Crippen molar-refractivity contribution < 1.29 is 23.9 Å². The van der Waals surface area contributed by atoms with Gasteiger partial charge in [-0.1, -0.05) is 48.0 Å². The van der Waals surface area contributed by atoms with Gasteiger partial charge in [0.2, 0.25) is 5.91 Å². The smallest absolute Gasteiger partial charge is 0.339 e. The van der Waals surface area contributed by atoms with Gasteiger partial charge in [0.25, 0.3) is 5.91 Å². The zero-order valence-corrected chi connectivity index (χ0v) is 14.9. The highest BCUT2D eigenvalue weighted by molar-refractivity contribution is 6.14. The molecule has 0 atom stereocenters. The first-order chi connectivity index (χ1) is 13.0. The number of carbonyl (C=O) groups is 4. The molecule has 0 aromatic heterocycles. The van der Waals surface area contributed by atoms with Crippen LogP contribution in [0.4, 0.5) is 0 Å². The quantitative estimate of drug-likeness (QED) is 0.601. The lowest BCUT2D eigenvalue weighted by Crippen LogP contribution is -2.35. The molecule has 6 nitrogen and oxygen atoms in total. The Morgan fingerprint density at radius 2 is 1.67 bits per heavy atom. The molecular formula is C21H19NO5. The van der Waals surface area contributed by atoms with Crippen molar-refractivity contribution in [2.24, 2.45) is 0 Å². The summed E-state index contributed by atoms with van der Waals surface area (Å²) in [6.45, 7) is 1.73. The van der Waals surface area contributed by atoms with E-state index in [1.54, 1.807) is 30.3 Å². The number of hydrogen-bond acceptors (Lipinski definition) is 5. The molecule has 1 aliphatic heterocycles.